The molecule has 2 aromatic carbocycles. The molecule has 0 saturated heterocycles. The number of benzene rings is 2. The average Bonchev–Trinajstić information content (AvgIpc) is 2.73. The molecule has 3 aromatic rings. The van der Waals surface area contributed by atoms with E-state index in [1.165, 1.54) is 18.2 Å². The van der Waals surface area contributed by atoms with Crippen molar-refractivity contribution in [3.63, 3.8) is 0 Å². The molecule has 0 spiro atoms. The Hall–Kier alpha value is -3.65. The second-order valence-electron chi connectivity index (χ2n) is 6.53. The third-order valence-corrected chi connectivity index (χ3v) is 4.52. The number of amides is 1. The number of para-hydroxylation sites is 1. The highest BCUT2D eigenvalue weighted by Gasteiger charge is 2.22. The summed E-state index contributed by atoms with van der Waals surface area (Å²) < 4.78 is 0. The summed E-state index contributed by atoms with van der Waals surface area (Å²) in [6.07, 6.45) is 0.207. The van der Waals surface area contributed by atoms with Gasteiger partial charge in [-0.15, -0.1) is 0 Å². The van der Waals surface area contributed by atoms with Gasteiger partial charge >= 0.3 is 11.9 Å². The fraction of sp³-hybridized carbons (Fsp3) is 0.182. The Balaban J connectivity index is 0.000000614. The molecule has 1 unspecified atom stereocenters. The zero-order valence-corrected chi connectivity index (χ0v) is 17.3. The normalized spacial score (nSPS) is 11.2. The lowest BCUT2D eigenvalue weighted by Gasteiger charge is -2.16. The maximum Gasteiger partial charge on any atom is 0.326 e. The standard InChI is InChI=1S/C19H15ClN2O4.C3H6O2/c20-13-7-5-11(6-8-13)18(24)22-16(19(25)26)9-12-10-17(23)21-15-4-2-1-3-14(12)15;1-2-3(4)5/h1-8,10,16H,9H2,(H,21,23)(H,22,24)(H,25,26);2H2,1H3,(H,4,5). The first-order valence-corrected chi connectivity index (χ1v) is 9.71. The minimum atomic E-state index is -1.18. The summed E-state index contributed by atoms with van der Waals surface area (Å²) in [6, 6.07) is 13.4. The maximum atomic E-state index is 12.3. The van der Waals surface area contributed by atoms with Crippen LogP contribution in [0.25, 0.3) is 10.9 Å². The number of hydrogen-bond donors (Lipinski definition) is 4. The molecule has 162 valence electrons. The number of fused-ring (bicyclic) bond motifs is 1. The van der Waals surface area contributed by atoms with Crippen molar-refractivity contribution >= 4 is 40.3 Å². The molecule has 0 saturated carbocycles. The van der Waals surface area contributed by atoms with Gasteiger partial charge in [-0.25, -0.2) is 4.79 Å². The van der Waals surface area contributed by atoms with Crippen molar-refractivity contribution in [2.45, 2.75) is 25.8 Å². The van der Waals surface area contributed by atoms with E-state index in [0.29, 0.717) is 21.7 Å². The highest BCUT2D eigenvalue weighted by atomic mass is 35.5. The average molecular weight is 445 g/mol. The van der Waals surface area contributed by atoms with Crippen LogP contribution >= 0.6 is 11.6 Å². The van der Waals surface area contributed by atoms with Crippen LogP contribution in [-0.2, 0) is 16.0 Å². The van der Waals surface area contributed by atoms with Crippen molar-refractivity contribution in [3.05, 3.63) is 81.1 Å². The number of aliphatic carboxylic acids is 2. The van der Waals surface area contributed by atoms with Gasteiger partial charge in [0.1, 0.15) is 6.04 Å². The molecule has 1 atom stereocenters. The van der Waals surface area contributed by atoms with E-state index in [1.54, 1.807) is 43.3 Å². The molecule has 0 aliphatic heterocycles. The number of rotatable bonds is 6. The summed E-state index contributed by atoms with van der Waals surface area (Å²) >= 11 is 5.79. The molecule has 4 N–H and O–H groups in total. The first-order valence-electron chi connectivity index (χ1n) is 9.33. The molecule has 8 nitrogen and oxygen atoms in total. The van der Waals surface area contributed by atoms with E-state index in [4.69, 9.17) is 16.7 Å². The Morgan fingerprint density at radius 2 is 1.68 bits per heavy atom. The topological polar surface area (TPSA) is 137 Å². The van der Waals surface area contributed by atoms with Crippen molar-refractivity contribution in [2.24, 2.45) is 0 Å². The number of aromatic amines is 1. The van der Waals surface area contributed by atoms with Crippen molar-refractivity contribution in [1.29, 1.82) is 0 Å². The molecule has 0 radical (unpaired) electrons. The molecule has 0 bridgehead atoms. The minimum Gasteiger partial charge on any atom is -0.481 e. The smallest absolute Gasteiger partial charge is 0.326 e. The number of carbonyl (C=O) groups excluding carboxylic acids is 1. The predicted octanol–water partition coefficient (Wildman–Crippen LogP) is 3.09. The number of carbonyl (C=O) groups is 3. The van der Waals surface area contributed by atoms with Crippen LogP contribution in [0.4, 0.5) is 0 Å². The largest absolute Gasteiger partial charge is 0.481 e. The van der Waals surface area contributed by atoms with Crippen LogP contribution in [0.1, 0.15) is 29.3 Å². The van der Waals surface area contributed by atoms with Crippen LogP contribution in [-0.4, -0.2) is 39.1 Å². The number of nitrogens with one attached hydrogen (secondary N) is 2. The first kappa shape index (κ1) is 23.6. The summed E-state index contributed by atoms with van der Waals surface area (Å²) in [5, 5.41) is 20.9. The fourth-order valence-corrected chi connectivity index (χ4v) is 2.83. The van der Waals surface area contributed by atoms with E-state index in [0.717, 1.165) is 5.39 Å². The lowest BCUT2D eigenvalue weighted by atomic mass is 10.0. The molecule has 9 heteroatoms. The van der Waals surface area contributed by atoms with Crippen LogP contribution in [0.2, 0.25) is 5.02 Å². The van der Waals surface area contributed by atoms with Crippen molar-refractivity contribution in [1.82, 2.24) is 10.3 Å². The predicted molar refractivity (Wildman–Crippen MR) is 117 cm³/mol. The van der Waals surface area contributed by atoms with Gasteiger partial charge in [-0.2, -0.15) is 0 Å². The summed E-state index contributed by atoms with van der Waals surface area (Å²) in [5.74, 6) is -2.45. The zero-order chi connectivity index (χ0) is 23.0. The number of aromatic nitrogens is 1. The SMILES string of the molecule is CCC(=O)O.O=C(NC(Cc1cc(=O)[nH]c2ccccc12)C(=O)O)c1ccc(Cl)cc1. The van der Waals surface area contributed by atoms with Gasteiger partial charge in [-0.05, 0) is 35.9 Å². The Morgan fingerprint density at radius 3 is 2.26 bits per heavy atom. The quantitative estimate of drug-likeness (QED) is 0.461. The van der Waals surface area contributed by atoms with Crippen LogP contribution in [0, 0.1) is 0 Å². The summed E-state index contributed by atoms with van der Waals surface area (Å²) in [4.78, 5) is 47.8. The van der Waals surface area contributed by atoms with Crippen LogP contribution in [0.15, 0.2) is 59.4 Å². The van der Waals surface area contributed by atoms with Gasteiger partial charge in [0.05, 0.1) is 0 Å². The van der Waals surface area contributed by atoms with E-state index < -0.39 is 23.9 Å². The summed E-state index contributed by atoms with van der Waals surface area (Å²) in [6.45, 7) is 1.60. The molecular formula is C22H21ClN2O6. The maximum absolute atomic E-state index is 12.3. The van der Waals surface area contributed by atoms with Gasteiger partial charge in [0.15, 0.2) is 0 Å². The lowest BCUT2D eigenvalue weighted by molar-refractivity contribution is -0.139. The summed E-state index contributed by atoms with van der Waals surface area (Å²) in [5.41, 5.74) is 1.14. The number of pyridine rings is 1. The number of carboxylic acid groups (broad SMARTS) is 2. The number of H-pyrrole nitrogens is 1. The van der Waals surface area contributed by atoms with Gasteiger partial charge in [-0.1, -0.05) is 36.7 Å². The monoisotopic (exact) mass is 444 g/mol. The van der Waals surface area contributed by atoms with Gasteiger partial charge in [-0.3, -0.25) is 14.4 Å². The zero-order valence-electron chi connectivity index (χ0n) is 16.6. The summed E-state index contributed by atoms with van der Waals surface area (Å²) in [7, 11) is 0. The molecule has 0 fully saturated rings. The third-order valence-electron chi connectivity index (χ3n) is 4.27. The molecule has 1 amide bonds. The molecule has 31 heavy (non-hydrogen) atoms. The second kappa shape index (κ2) is 10.9. The minimum absolute atomic E-state index is 0.0148. The number of carboxylic acids is 2. The first-order chi connectivity index (χ1) is 14.7. The van der Waals surface area contributed by atoms with Crippen molar-refractivity contribution in [2.75, 3.05) is 0 Å². The molecule has 0 aliphatic carbocycles. The highest BCUT2D eigenvalue weighted by Crippen LogP contribution is 2.17. The lowest BCUT2D eigenvalue weighted by Crippen LogP contribution is -2.42. The highest BCUT2D eigenvalue weighted by molar-refractivity contribution is 6.30. The Labute approximate surface area is 182 Å². The van der Waals surface area contributed by atoms with Crippen molar-refractivity contribution < 1.29 is 24.6 Å². The van der Waals surface area contributed by atoms with Gasteiger partial charge in [0.25, 0.3) is 5.91 Å². The van der Waals surface area contributed by atoms with Crippen molar-refractivity contribution in [3.8, 4) is 0 Å². The van der Waals surface area contributed by atoms with E-state index in [1.807, 2.05) is 0 Å². The van der Waals surface area contributed by atoms with E-state index in [-0.39, 0.29) is 18.4 Å². The molecule has 3 rings (SSSR count). The number of halogens is 1. The molecule has 1 heterocycles. The van der Waals surface area contributed by atoms with E-state index in [9.17, 15) is 24.3 Å². The van der Waals surface area contributed by atoms with Gasteiger partial charge < -0.3 is 20.5 Å². The van der Waals surface area contributed by atoms with Gasteiger partial charge in [0, 0.05) is 40.4 Å². The van der Waals surface area contributed by atoms with E-state index in [2.05, 4.69) is 10.3 Å². The molecular weight excluding hydrogens is 424 g/mol. The van der Waals surface area contributed by atoms with Crippen LogP contribution < -0.4 is 10.9 Å². The Kier molecular flexibility index (Phi) is 8.33. The van der Waals surface area contributed by atoms with Gasteiger partial charge in [0.2, 0.25) is 5.56 Å². The molecule has 0 aliphatic rings. The third kappa shape index (κ3) is 6.97. The fourth-order valence-electron chi connectivity index (χ4n) is 2.71. The Morgan fingerprint density at radius 1 is 1.06 bits per heavy atom. The van der Waals surface area contributed by atoms with Crippen LogP contribution in [0.5, 0.6) is 0 Å². The second-order valence-corrected chi connectivity index (χ2v) is 6.96. The van der Waals surface area contributed by atoms with Crippen LogP contribution in [0.3, 0.4) is 0 Å². The molecule has 1 aromatic heterocycles. The number of hydrogen-bond acceptors (Lipinski definition) is 4. The Bertz CT molecular complexity index is 1140. The van der Waals surface area contributed by atoms with E-state index >= 15 is 0 Å².